The standard InChI is InChI=1S/C23H23F3N6O2/c1-32(17-8-15-3-4-16(9-17)29-15)21-12-28-22(31-30-21)19-5-2-13(7-20(19)33)14-6-18(11-27-10-14)34-23(24,25)26/h2,5-7,10-12,15-17,29,33H,3-4,8-9H2,1H3/t15-,16+,17?. The van der Waals surface area contributed by atoms with Gasteiger partial charge in [-0.15, -0.1) is 23.4 Å². The zero-order valence-corrected chi connectivity index (χ0v) is 18.3. The number of halogens is 3. The fraction of sp³-hybridized carbons (Fsp3) is 0.391. The summed E-state index contributed by atoms with van der Waals surface area (Å²) < 4.78 is 41.4. The summed E-state index contributed by atoms with van der Waals surface area (Å²) in [4.78, 5) is 10.3. The Morgan fingerprint density at radius 1 is 1.03 bits per heavy atom. The molecule has 34 heavy (non-hydrogen) atoms. The molecule has 0 amide bonds. The van der Waals surface area contributed by atoms with E-state index < -0.39 is 12.1 Å². The number of aromatic hydroxyl groups is 1. The maximum atomic E-state index is 12.5. The molecule has 2 fully saturated rings. The van der Waals surface area contributed by atoms with Crippen molar-refractivity contribution in [2.24, 2.45) is 0 Å². The molecular formula is C23H23F3N6O2. The number of fused-ring (bicyclic) bond motifs is 2. The van der Waals surface area contributed by atoms with Crippen LogP contribution in [0.5, 0.6) is 11.5 Å². The predicted molar refractivity (Wildman–Crippen MR) is 118 cm³/mol. The Kier molecular flexibility index (Phi) is 5.72. The molecular weight excluding hydrogens is 449 g/mol. The molecule has 0 aliphatic carbocycles. The third kappa shape index (κ3) is 4.74. The van der Waals surface area contributed by atoms with Gasteiger partial charge in [-0.05, 0) is 49.4 Å². The number of hydrogen-bond acceptors (Lipinski definition) is 8. The van der Waals surface area contributed by atoms with Gasteiger partial charge in [0, 0.05) is 36.9 Å². The maximum absolute atomic E-state index is 12.5. The number of nitrogens with zero attached hydrogens (tertiary/aromatic N) is 5. The Balaban J connectivity index is 1.32. The van der Waals surface area contributed by atoms with Crippen molar-refractivity contribution < 1.29 is 23.0 Å². The first kappa shape index (κ1) is 22.3. The largest absolute Gasteiger partial charge is 0.573 e. The summed E-state index contributed by atoms with van der Waals surface area (Å²) in [5, 5.41) is 22.7. The first-order valence-electron chi connectivity index (χ1n) is 11.0. The lowest BCUT2D eigenvalue weighted by molar-refractivity contribution is -0.274. The molecule has 8 nitrogen and oxygen atoms in total. The molecule has 11 heteroatoms. The number of hydrogen-bond donors (Lipinski definition) is 2. The molecule has 2 bridgehead atoms. The number of pyridine rings is 1. The Bertz CT molecular complexity index is 1160. The van der Waals surface area contributed by atoms with Crippen LogP contribution in [0.15, 0.2) is 42.9 Å². The van der Waals surface area contributed by atoms with Crippen molar-refractivity contribution in [2.45, 2.75) is 50.2 Å². The molecule has 2 saturated heterocycles. The van der Waals surface area contributed by atoms with Crippen LogP contribution in [0.25, 0.3) is 22.5 Å². The van der Waals surface area contributed by atoms with Gasteiger partial charge in [0.05, 0.1) is 18.0 Å². The van der Waals surface area contributed by atoms with Crippen molar-refractivity contribution in [2.75, 3.05) is 11.9 Å². The van der Waals surface area contributed by atoms with Gasteiger partial charge in [-0.25, -0.2) is 4.98 Å². The molecule has 178 valence electrons. The van der Waals surface area contributed by atoms with Crippen molar-refractivity contribution in [3.8, 4) is 34.0 Å². The van der Waals surface area contributed by atoms with Gasteiger partial charge in [0.2, 0.25) is 0 Å². The van der Waals surface area contributed by atoms with Crippen LogP contribution in [0, 0.1) is 0 Å². The number of phenolic OH excluding ortho intramolecular Hbond substituents is 1. The number of nitrogens with one attached hydrogen (secondary N) is 1. The van der Waals surface area contributed by atoms with E-state index in [1.807, 2.05) is 7.05 Å². The second-order valence-electron chi connectivity index (χ2n) is 8.70. The lowest BCUT2D eigenvalue weighted by Crippen LogP contribution is -2.47. The molecule has 0 spiro atoms. The summed E-state index contributed by atoms with van der Waals surface area (Å²) in [6, 6.07) is 7.32. The fourth-order valence-corrected chi connectivity index (χ4v) is 4.75. The second-order valence-corrected chi connectivity index (χ2v) is 8.70. The zero-order valence-electron chi connectivity index (χ0n) is 18.3. The van der Waals surface area contributed by atoms with Crippen LogP contribution >= 0.6 is 0 Å². The van der Waals surface area contributed by atoms with E-state index in [2.05, 4.69) is 35.1 Å². The zero-order chi connectivity index (χ0) is 23.9. The van der Waals surface area contributed by atoms with E-state index in [0.717, 1.165) is 19.0 Å². The lowest BCUT2D eigenvalue weighted by atomic mass is 9.99. The normalized spacial score (nSPS) is 21.9. The quantitative estimate of drug-likeness (QED) is 0.577. The van der Waals surface area contributed by atoms with E-state index in [-0.39, 0.29) is 11.6 Å². The molecule has 2 N–H and O–H groups in total. The third-order valence-corrected chi connectivity index (χ3v) is 6.43. The van der Waals surface area contributed by atoms with Gasteiger partial charge in [-0.2, -0.15) is 0 Å². The summed E-state index contributed by atoms with van der Waals surface area (Å²) in [6.45, 7) is 0. The number of aromatic nitrogens is 4. The molecule has 0 saturated carbocycles. The van der Waals surface area contributed by atoms with Gasteiger partial charge in [-0.1, -0.05) is 6.07 Å². The van der Waals surface area contributed by atoms with Crippen LogP contribution in [-0.4, -0.2) is 56.8 Å². The Morgan fingerprint density at radius 3 is 2.44 bits per heavy atom. The Labute approximate surface area is 193 Å². The van der Waals surface area contributed by atoms with Crippen LogP contribution in [0.3, 0.4) is 0 Å². The summed E-state index contributed by atoms with van der Waals surface area (Å²) >= 11 is 0. The number of rotatable bonds is 5. The molecule has 2 aliphatic heterocycles. The van der Waals surface area contributed by atoms with E-state index in [0.29, 0.717) is 40.6 Å². The van der Waals surface area contributed by atoms with E-state index >= 15 is 0 Å². The number of anilines is 1. The van der Waals surface area contributed by atoms with Gasteiger partial charge >= 0.3 is 6.36 Å². The number of alkyl halides is 3. The van der Waals surface area contributed by atoms with Crippen molar-refractivity contribution in [1.29, 1.82) is 0 Å². The SMILES string of the molecule is CN(c1cnc(-c2ccc(-c3cncc(OC(F)(F)F)c3)cc2O)nn1)C1C[C@H]2CC[C@@H](C1)N2. The average molecular weight is 472 g/mol. The Morgan fingerprint density at radius 2 is 1.79 bits per heavy atom. The van der Waals surface area contributed by atoms with Crippen LogP contribution in [0.2, 0.25) is 0 Å². The first-order valence-corrected chi connectivity index (χ1v) is 11.0. The molecule has 1 aromatic carbocycles. The van der Waals surface area contributed by atoms with E-state index in [9.17, 15) is 18.3 Å². The average Bonchev–Trinajstić information content (AvgIpc) is 3.15. The molecule has 3 aromatic rings. The summed E-state index contributed by atoms with van der Waals surface area (Å²) in [7, 11) is 2.00. The maximum Gasteiger partial charge on any atom is 0.573 e. The van der Waals surface area contributed by atoms with Crippen molar-refractivity contribution in [1.82, 2.24) is 25.5 Å². The summed E-state index contributed by atoms with van der Waals surface area (Å²) in [6.07, 6.45) is 3.72. The predicted octanol–water partition coefficient (Wildman–Crippen LogP) is 3.92. The number of ether oxygens (including phenoxy) is 1. The van der Waals surface area contributed by atoms with Gasteiger partial charge in [0.15, 0.2) is 11.6 Å². The van der Waals surface area contributed by atoms with E-state index in [1.54, 1.807) is 18.3 Å². The fourth-order valence-electron chi connectivity index (χ4n) is 4.75. The minimum Gasteiger partial charge on any atom is -0.507 e. The molecule has 3 atom stereocenters. The monoisotopic (exact) mass is 472 g/mol. The molecule has 4 heterocycles. The highest BCUT2D eigenvalue weighted by atomic mass is 19.4. The lowest BCUT2D eigenvalue weighted by Gasteiger charge is -2.35. The number of phenols is 1. The van der Waals surface area contributed by atoms with Crippen LogP contribution in [0.4, 0.5) is 19.0 Å². The molecule has 5 rings (SSSR count). The van der Waals surface area contributed by atoms with E-state index in [4.69, 9.17) is 0 Å². The number of benzene rings is 1. The molecule has 1 unspecified atom stereocenters. The van der Waals surface area contributed by atoms with Crippen molar-refractivity contribution in [3.05, 3.63) is 42.9 Å². The minimum atomic E-state index is -4.82. The van der Waals surface area contributed by atoms with Gasteiger partial charge in [0.25, 0.3) is 0 Å². The molecule has 0 radical (unpaired) electrons. The highest BCUT2D eigenvalue weighted by Gasteiger charge is 2.35. The van der Waals surface area contributed by atoms with Crippen LogP contribution in [0.1, 0.15) is 25.7 Å². The first-order chi connectivity index (χ1) is 16.2. The van der Waals surface area contributed by atoms with Gasteiger partial charge in [-0.3, -0.25) is 4.98 Å². The van der Waals surface area contributed by atoms with Crippen LogP contribution < -0.4 is 15.0 Å². The highest BCUT2D eigenvalue weighted by Crippen LogP contribution is 2.34. The molecule has 2 aromatic heterocycles. The minimum absolute atomic E-state index is 0.127. The topological polar surface area (TPSA) is 96.3 Å². The van der Waals surface area contributed by atoms with Crippen molar-refractivity contribution in [3.63, 3.8) is 0 Å². The third-order valence-electron chi connectivity index (χ3n) is 6.43. The molecule has 2 aliphatic rings. The Hall–Kier alpha value is -3.47. The van der Waals surface area contributed by atoms with Crippen LogP contribution in [-0.2, 0) is 0 Å². The van der Waals surface area contributed by atoms with Crippen molar-refractivity contribution >= 4 is 5.82 Å². The smallest absolute Gasteiger partial charge is 0.507 e. The van der Waals surface area contributed by atoms with Gasteiger partial charge < -0.3 is 20.1 Å². The van der Waals surface area contributed by atoms with Gasteiger partial charge in [0.1, 0.15) is 11.5 Å². The summed E-state index contributed by atoms with van der Waals surface area (Å²) in [5.74, 6) is 0.345. The highest BCUT2D eigenvalue weighted by molar-refractivity contribution is 5.73. The second kappa shape index (κ2) is 8.71. The number of piperidine rings is 1. The summed E-state index contributed by atoms with van der Waals surface area (Å²) in [5.41, 5.74) is 1.18. The van der Waals surface area contributed by atoms with E-state index in [1.165, 1.54) is 31.2 Å².